The molecular weight excluding hydrogens is 198 g/mol. The molecular formula is C10H15NO4. The van der Waals surface area contributed by atoms with Gasteiger partial charge in [-0.3, -0.25) is 0 Å². The van der Waals surface area contributed by atoms with Crippen LogP contribution in [0.15, 0.2) is 6.07 Å². The van der Waals surface area contributed by atoms with Gasteiger partial charge in [0.15, 0.2) is 5.75 Å². The summed E-state index contributed by atoms with van der Waals surface area (Å²) in [6, 6.07) is 1.62. The molecule has 1 rings (SSSR count). The minimum absolute atomic E-state index is 0.299. The van der Waals surface area contributed by atoms with E-state index in [9.17, 15) is 5.11 Å². The summed E-state index contributed by atoms with van der Waals surface area (Å²) in [5.74, 6) is 1.21. The standard InChI is InChI=1S/C10H15NO4/c1-6(12)7-5-8(13-2)9(14-3)10(11-7)15-4/h5-6,12H,1-4H3. The molecule has 1 aromatic heterocycles. The molecule has 0 radical (unpaired) electrons. The average Bonchev–Trinajstić information content (AvgIpc) is 2.26. The van der Waals surface area contributed by atoms with Crippen molar-refractivity contribution in [3.63, 3.8) is 0 Å². The van der Waals surface area contributed by atoms with Crippen LogP contribution in [0, 0.1) is 0 Å². The Kier molecular flexibility index (Phi) is 3.74. The fourth-order valence-electron chi connectivity index (χ4n) is 1.20. The molecule has 0 saturated heterocycles. The zero-order chi connectivity index (χ0) is 11.4. The molecule has 5 heteroatoms. The molecule has 0 saturated carbocycles. The maximum Gasteiger partial charge on any atom is 0.261 e. The Morgan fingerprint density at radius 2 is 1.87 bits per heavy atom. The third kappa shape index (κ3) is 2.30. The Bertz CT molecular complexity index is 313. The molecule has 0 fully saturated rings. The van der Waals surface area contributed by atoms with E-state index in [1.807, 2.05) is 0 Å². The Morgan fingerprint density at radius 1 is 1.20 bits per heavy atom. The lowest BCUT2D eigenvalue weighted by Crippen LogP contribution is -2.02. The highest BCUT2D eigenvalue weighted by Crippen LogP contribution is 2.36. The molecule has 0 aliphatic heterocycles. The Hall–Kier alpha value is -1.49. The number of hydrogen-bond acceptors (Lipinski definition) is 5. The van der Waals surface area contributed by atoms with Gasteiger partial charge in [-0.15, -0.1) is 0 Å². The van der Waals surface area contributed by atoms with Crippen LogP contribution in [0.2, 0.25) is 0 Å². The first-order valence-corrected chi connectivity index (χ1v) is 4.49. The van der Waals surface area contributed by atoms with E-state index in [2.05, 4.69) is 4.98 Å². The molecule has 1 atom stereocenters. The van der Waals surface area contributed by atoms with Crippen molar-refractivity contribution in [3.8, 4) is 17.4 Å². The average molecular weight is 213 g/mol. The van der Waals surface area contributed by atoms with Crippen molar-refractivity contribution in [2.45, 2.75) is 13.0 Å². The minimum Gasteiger partial charge on any atom is -0.493 e. The van der Waals surface area contributed by atoms with Crippen LogP contribution in [0.4, 0.5) is 0 Å². The first-order chi connectivity index (χ1) is 7.13. The summed E-state index contributed by atoms with van der Waals surface area (Å²) < 4.78 is 15.3. The maximum absolute atomic E-state index is 9.41. The Labute approximate surface area is 88.6 Å². The zero-order valence-corrected chi connectivity index (χ0v) is 9.27. The van der Waals surface area contributed by atoms with E-state index in [0.717, 1.165) is 0 Å². The molecule has 0 spiro atoms. The van der Waals surface area contributed by atoms with Gasteiger partial charge in [0, 0.05) is 6.07 Å². The van der Waals surface area contributed by atoms with Gasteiger partial charge in [-0.2, -0.15) is 0 Å². The number of methoxy groups -OCH3 is 3. The lowest BCUT2D eigenvalue weighted by molar-refractivity contribution is 0.191. The number of ether oxygens (including phenoxy) is 3. The Morgan fingerprint density at radius 3 is 2.27 bits per heavy atom. The van der Waals surface area contributed by atoms with Crippen molar-refractivity contribution in [3.05, 3.63) is 11.8 Å². The highest BCUT2D eigenvalue weighted by Gasteiger charge is 2.16. The third-order valence-electron chi connectivity index (χ3n) is 1.97. The predicted molar refractivity (Wildman–Crippen MR) is 54.5 cm³/mol. The van der Waals surface area contributed by atoms with Crippen LogP contribution in [-0.2, 0) is 0 Å². The van der Waals surface area contributed by atoms with Crippen LogP contribution >= 0.6 is 0 Å². The molecule has 0 bridgehead atoms. The summed E-state index contributed by atoms with van der Waals surface area (Å²) in [7, 11) is 4.50. The van der Waals surface area contributed by atoms with Crippen LogP contribution in [0.25, 0.3) is 0 Å². The maximum atomic E-state index is 9.41. The van der Waals surface area contributed by atoms with E-state index >= 15 is 0 Å². The van der Waals surface area contributed by atoms with Crippen LogP contribution < -0.4 is 14.2 Å². The van der Waals surface area contributed by atoms with E-state index < -0.39 is 6.10 Å². The van der Waals surface area contributed by atoms with E-state index in [0.29, 0.717) is 23.1 Å². The lowest BCUT2D eigenvalue weighted by atomic mass is 10.2. The monoisotopic (exact) mass is 213 g/mol. The van der Waals surface area contributed by atoms with Crippen molar-refractivity contribution in [1.29, 1.82) is 0 Å². The Balaban J connectivity index is 3.29. The fraction of sp³-hybridized carbons (Fsp3) is 0.500. The first kappa shape index (κ1) is 11.6. The van der Waals surface area contributed by atoms with Gasteiger partial charge in [0.1, 0.15) is 0 Å². The zero-order valence-electron chi connectivity index (χ0n) is 9.27. The van der Waals surface area contributed by atoms with E-state index in [1.165, 1.54) is 21.3 Å². The van der Waals surface area contributed by atoms with E-state index in [1.54, 1.807) is 13.0 Å². The second-order valence-corrected chi connectivity index (χ2v) is 2.97. The number of pyridine rings is 1. The number of rotatable bonds is 4. The number of aromatic nitrogens is 1. The minimum atomic E-state index is -0.682. The smallest absolute Gasteiger partial charge is 0.261 e. The summed E-state index contributed by atoms with van der Waals surface area (Å²) in [5.41, 5.74) is 0.476. The molecule has 0 aliphatic rings. The number of aliphatic hydroxyl groups excluding tert-OH is 1. The molecule has 1 unspecified atom stereocenters. The lowest BCUT2D eigenvalue weighted by Gasteiger charge is -2.13. The van der Waals surface area contributed by atoms with Gasteiger partial charge in [-0.05, 0) is 6.92 Å². The van der Waals surface area contributed by atoms with Gasteiger partial charge < -0.3 is 19.3 Å². The molecule has 1 N–H and O–H groups in total. The summed E-state index contributed by atoms with van der Waals surface area (Å²) in [5, 5.41) is 9.41. The number of aliphatic hydroxyl groups is 1. The van der Waals surface area contributed by atoms with Crippen molar-refractivity contribution >= 4 is 0 Å². The topological polar surface area (TPSA) is 60.8 Å². The highest BCUT2D eigenvalue weighted by atomic mass is 16.5. The van der Waals surface area contributed by atoms with Gasteiger partial charge in [-0.25, -0.2) is 4.98 Å². The normalized spacial score (nSPS) is 12.1. The molecule has 0 amide bonds. The van der Waals surface area contributed by atoms with Crippen molar-refractivity contribution in [1.82, 2.24) is 4.98 Å². The quantitative estimate of drug-likeness (QED) is 0.813. The molecule has 1 aromatic rings. The van der Waals surface area contributed by atoms with Gasteiger partial charge in [-0.1, -0.05) is 0 Å². The van der Waals surface area contributed by atoms with E-state index in [4.69, 9.17) is 14.2 Å². The van der Waals surface area contributed by atoms with Crippen LogP contribution in [-0.4, -0.2) is 31.4 Å². The summed E-state index contributed by atoms with van der Waals surface area (Å²) in [4.78, 5) is 4.09. The molecule has 5 nitrogen and oxygen atoms in total. The predicted octanol–water partition coefficient (Wildman–Crippen LogP) is 1.16. The number of nitrogens with zero attached hydrogens (tertiary/aromatic N) is 1. The van der Waals surface area contributed by atoms with Crippen molar-refractivity contribution in [2.24, 2.45) is 0 Å². The van der Waals surface area contributed by atoms with Gasteiger partial charge in [0.2, 0.25) is 5.75 Å². The van der Waals surface area contributed by atoms with Crippen LogP contribution in [0.3, 0.4) is 0 Å². The fourth-order valence-corrected chi connectivity index (χ4v) is 1.20. The summed E-state index contributed by atoms with van der Waals surface area (Å²) in [6.45, 7) is 1.62. The van der Waals surface area contributed by atoms with Gasteiger partial charge >= 0.3 is 0 Å². The van der Waals surface area contributed by atoms with Crippen LogP contribution in [0.1, 0.15) is 18.7 Å². The summed E-state index contributed by atoms with van der Waals surface area (Å²) in [6.07, 6.45) is -0.682. The molecule has 84 valence electrons. The number of hydrogen-bond donors (Lipinski definition) is 1. The molecule has 0 aliphatic carbocycles. The highest BCUT2D eigenvalue weighted by molar-refractivity contribution is 5.48. The summed E-state index contributed by atoms with van der Waals surface area (Å²) >= 11 is 0. The third-order valence-corrected chi connectivity index (χ3v) is 1.97. The van der Waals surface area contributed by atoms with Crippen molar-refractivity contribution < 1.29 is 19.3 Å². The second kappa shape index (κ2) is 4.84. The SMILES string of the molecule is COc1cc(C(C)O)nc(OC)c1OC. The molecule has 1 heterocycles. The van der Waals surface area contributed by atoms with Gasteiger partial charge in [0.25, 0.3) is 5.88 Å². The second-order valence-electron chi connectivity index (χ2n) is 2.97. The van der Waals surface area contributed by atoms with Crippen molar-refractivity contribution in [2.75, 3.05) is 21.3 Å². The van der Waals surface area contributed by atoms with Crippen LogP contribution in [0.5, 0.6) is 17.4 Å². The van der Waals surface area contributed by atoms with E-state index in [-0.39, 0.29) is 0 Å². The largest absolute Gasteiger partial charge is 0.493 e. The van der Waals surface area contributed by atoms with Gasteiger partial charge in [0.05, 0.1) is 33.1 Å². The molecule has 0 aromatic carbocycles. The molecule has 15 heavy (non-hydrogen) atoms. The first-order valence-electron chi connectivity index (χ1n) is 4.49.